The Hall–Kier alpha value is -1.39. The SMILES string of the molecule is CCNC(=NCc1ccc(N2CCC(CO)CC2)cc1)NCc1nc(C)c(C)s1.I. The second-order valence-electron chi connectivity index (χ2n) is 7.58. The highest BCUT2D eigenvalue weighted by Crippen LogP contribution is 2.23. The summed E-state index contributed by atoms with van der Waals surface area (Å²) >= 11 is 1.73. The molecule has 0 bridgehead atoms. The molecular formula is C22H34IN5OS. The van der Waals surface area contributed by atoms with Gasteiger partial charge in [-0.3, -0.25) is 0 Å². The van der Waals surface area contributed by atoms with Crippen LogP contribution in [-0.4, -0.2) is 42.3 Å². The zero-order chi connectivity index (χ0) is 20.6. The lowest BCUT2D eigenvalue weighted by molar-refractivity contribution is 0.203. The van der Waals surface area contributed by atoms with Gasteiger partial charge in [0, 0.05) is 36.8 Å². The molecule has 0 unspecified atom stereocenters. The third-order valence-corrected chi connectivity index (χ3v) is 6.49. The molecule has 1 saturated heterocycles. The fourth-order valence-electron chi connectivity index (χ4n) is 3.47. The number of guanidine groups is 1. The van der Waals surface area contributed by atoms with Crippen molar-refractivity contribution in [3.8, 4) is 0 Å². The van der Waals surface area contributed by atoms with E-state index in [0.717, 1.165) is 49.1 Å². The van der Waals surface area contributed by atoms with Crippen molar-refractivity contribution in [3.05, 3.63) is 45.4 Å². The van der Waals surface area contributed by atoms with Gasteiger partial charge < -0.3 is 20.6 Å². The van der Waals surface area contributed by atoms with E-state index in [1.54, 1.807) is 11.3 Å². The van der Waals surface area contributed by atoms with E-state index in [4.69, 9.17) is 4.99 Å². The molecule has 0 amide bonds. The van der Waals surface area contributed by atoms with Crippen LogP contribution in [0, 0.1) is 19.8 Å². The molecule has 1 fully saturated rings. The number of aliphatic imine (C=N–C) groups is 1. The molecule has 1 aromatic carbocycles. The molecule has 0 aliphatic carbocycles. The van der Waals surface area contributed by atoms with Crippen LogP contribution in [0.15, 0.2) is 29.3 Å². The zero-order valence-corrected chi connectivity index (χ0v) is 21.3. The first kappa shape index (κ1) is 24.9. The number of aliphatic hydroxyl groups is 1. The number of halogens is 1. The monoisotopic (exact) mass is 543 g/mol. The Morgan fingerprint density at radius 3 is 2.47 bits per heavy atom. The quantitative estimate of drug-likeness (QED) is 0.281. The lowest BCUT2D eigenvalue weighted by Gasteiger charge is -2.32. The maximum Gasteiger partial charge on any atom is 0.191 e. The third-order valence-electron chi connectivity index (χ3n) is 5.42. The topological polar surface area (TPSA) is 72.8 Å². The minimum atomic E-state index is 0. The number of hydrogen-bond donors (Lipinski definition) is 3. The van der Waals surface area contributed by atoms with E-state index in [2.05, 4.69) is 58.6 Å². The number of piperidine rings is 1. The molecule has 1 aliphatic rings. The van der Waals surface area contributed by atoms with Crippen LogP contribution in [0.2, 0.25) is 0 Å². The van der Waals surface area contributed by atoms with Gasteiger partial charge in [-0.15, -0.1) is 35.3 Å². The Bertz CT molecular complexity index is 781. The average molecular weight is 544 g/mol. The largest absolute Gasteiger partial charge is 0.396 e. The lowest BCUT2D eigenvalue weighted by atomic mass is 9.97. The molecule has 8 heteroatoms. The molecule has 0 saturated carbocycles. The number of rotatable bonds is 7. The van der Waals surface area contributed by atoms with Crippen LogP contribution >= 0.6 is 35.3 Å². The fourth-order valence-corrected chi connectivity index (χ4v) is 4.35. The van der Waals surface area contributed by atoms with Gasteiger partial charge in [-0.1, -0.05) is 12.1 Å². The van der Waals surface area contributed by atoms with Gasteiger partial charge in [0.15, 0.2) is 5.96 Å². The summed E-state index contributed by atoms with van der Waals surface area (Å²) in [5, 5.41) is 17.1. The van der Waals surface area contributed by atoms with Crippen LogP contribution in [0.3, 0.4) is 0 Å². The number of benzene rings is 1. The zero-order valence-electron chi connectivity index (χ0n) is 18.1. The minimum Gasteiger partial charge on any atom is -0.396 e. The number of nitrogens with one attached hydrogen (secondary N) is 2. The summed E-state index contributed by atoms with van der Waals surface area (Å²) in [6.07, 6.45) is 2.14. The van der Waals surface area contributed by atoms with Crippen LogP contribution in [0.4, 0.5) is 5.69 Å². The van der Waals surface area contributed by atoms with Gasteiger partial charge >= 0.3 is 0 Å². The van der Waals surface area contributed by atoms with Gasteiger partial charge in [0.1, 0.15) is 5.01 Å². The smallest absolute Gasteiger partial charge is 0.191 e. The molecule has 1 aliphatic heterocycles. The number of hydrogen-bond acceptors (Lipinski definition) is 5. The summed E-state index contributed by atoms with van der Waals surface area (Å²) in [4.78, 5) is 13.0. The van der Waals surface area contributed by atoms with Crippen molar-refractivity contribution in [2.75, 3.05) is 31.1 Å². The maximum atomic E-state index is 9.30. The Morgan fingerprint density at radius 2 is 1.90 bits per heavy atom. The van der Waals surface area contributed by atoms with E-state index in [9.17, 15) is 5.11 Å². The van der Waals surface area contributed by atoms with E-state index in [-0.39, 0.29) is 24.0 Å². The number of aryl methyl sites for hydroxylation is 2. The predicted molar refractivity (Wildman–Crippen MR) is 137 cm³/mol. The maximum absolute atomic E-state index is 9.30. The molecule has 166 valence electrons. The summed E-state index contributed by atoms with van der Waals surface area (Å²) < 4.78 is 0. The van der Waals surface area contributed by atoms with Crippen molar-refractivity contribution in [2.45, 2.75) is 46.7 Å². The van der Waals surface area contributed by atoms with Crippen molar-refractivity contribution < 1.29 is 5.11 Å². The predicted octanol–water partition coefficient (Wildman–Crippen LogP) is 3.84. The van der Waals surface area contributed by atoms with E-state index in [0.29, 0.717) is 25.6 Å². The molecule has 3 N–H and O–H groups in total. The Kier molecular flexibility index (Phi) is 10.3. The van der Waals surface area contributed by atoms with Gasteiger partial charge in [-0.2, -0.15) is 0 Å². The molecule has 2 heterocycles. The molecule has 30 heavy (non-hydrogen) atoms. The lowest BCUT2D eigenvalue weighted by Crippen LogP contribution is -2.36. The third kappa shape index (κ3) is 7.09. The van der Waals surface area contributed by atoms with Crippen molar-refractivity contribution in [3.63, 3.8) is 0 Å². The second-order valence-corrected chi connectivity index (χ2v) is 8.87. The van der Waals surface area contributed by atoms with Crippen LogP contribution in [0.1, 0.15) is 40.9 Å². The Morgan fingerprint density at radius 1 is 1.20 bits per heavy atom. The number of thiazole rings is 1. The molecule has 0 radical (unpaired) electrons. The molecule has 6 nitrogen and oxygen atoms in total. The van der Waals surface area contributed by atoms with E-state index in [1.165, 1.54) is 16.1 Å². The first-order valence-electron chi connectivity index (χ1n) is 10.5. The molecule has 0 atom stereocenters. The Balaban J connectivity index is 0.00000320. The Labute approximate surface area is 201 Å². The summed E-state index contributed by atoms with van der Waals surface area (Å²) in [5.41, 5.74) is 3.56. The molecular weight excluding hydrogens is 509 g/mol. The highest BCUT2D eigenvalue weighted by molar-refractivity contribution is 14.0. The van der Waals surface area contributed by atoms with Crippen LogP contribution < -0.4 is 15.5 Å². The summed E-state index contributed by atoms with van der Waals surface area (Å²) in [6.45, 7) is 10.7. The first-order chi connectivity index (χ1) is 14.1. The van der Waals surface area contributed by atoms with Gasteiger partial charge in [0.05, 0.1) is 18.8 Å². The van der Waals surface area contributed by atoms with Crippen molar-refractivity contribution in [1.82, 2.24) is 15.6 Å². The van der Waals surface area contributed by atoms with Crippen molar-refractivity contribution in [2.24, 2.45) is 10.9 Å². The summed E-state index contributed by atoms with van der Waals surface area (Å²) in [5.74, 6) is 1.28. The summed E-state index contributed by atoms with van der Waals surface area (Å²) in [7, 11) is 0. The summed E-state index contributed by atoms with van der Waals surface area (Å²) in [6, 6.07) is 8.69. The van der Waals surface area contributed by atoms with Crippen molar-refractivity contribution >= 4 is 47.0 Å². The van der Waals surface area contributed by atoms with Gasteiger partial charge in [-0.25, -0.2) is 9.98 Å². The average Bonchev–Trinajstić information content (AvgIpc) is 3.08. The molecule has 3 rings (SSSR count). The van der Waals surface area contributed by atoms with Crippen LogP contribution in [0.5, 0.6) is 0 Å². The fraction of sp³-hybridized carbons (Fsp3) is 0.545. The molecule has 1 aromatic heterocycles. The van der Waals surface area contributed by atoms with Crippen LogP contribution in [-0.2, 0) is 13.1 Å². The molecule has 2 aromatic rings. The van der Waals surface area contributed by atoms with E-state index < -0.39 is 0 Å². The standard InChI is InChI=1S/C22H33N5OS.HI/c1-4-23-22(25-14-21-26-16(2)17(3)29-21)24-13-18-5-7-20(8-6-18)27-11-9-19(15-28)10-12-27;/h5-8,19,28H,4,9-15H2,1-3H3,(H2,23,24,25);1H. The van der Waals surface area contributed by atoms with E-state index in [1.807, 2.05) is 6.92 Å². The number of anilines is 1. The van der Waals surface area contributed by atoms with Gasteiger partial charge in [-0.05, 0) is 57.2 Å². The van der Waals surface area contributed by atoms with E-state index >= 15 is 0 Å². The first-order valence-corrected chi connectivity index (χ1v) is 11.3. The van der Waals surface area contributed by atoms with Gasteiger partial charge in [0.2, 0.25) is 0 Å². The highest BCUT2D eigenvalue weighted by atomic mass is 127. The number of aromatic nitrogens is 1. The second kappa shape index (κ2) is 12.5. The number of aliphatic hydroxyl groups excluding tert-OH is 1. The highest BCUT2D eigenvalue weighted by Gasteiger charge is 2.18. The minimum absolute atomic E-state index is 0. The van der Waals surface area contributed by atoms with Crippen LogP contribution in [0.25, 0.3) is 0 Å². The van der Waals surface area contributed by atoms with Crippen molar-refractivity contribution in [1.29, 1.82) is 0 Å². The van der Waals surface area contributed by atoms with Gasteiger partial charge in [0.25, 0.3) is 0 Å². The normalized spacial score (nSPS) is 15.1. The number of nitrogens with zero attached hydrogens (tertiary/aromatic N) is 3. The molecule has 0 spiro atoms.